The standard InChI is InChI=1S/C36H35F3N6O2/c1-4-8-27-29-32(30(39)31(41-27)25-16-23(46)15-21-9-10-26(38)24(5-2)28(21)25)42-34(43-33(29)44-13-6-11-35(3,40)19-44)47-20-36-12-7-14-45(36)18-22(37)17-36/h2,9-10,15-16,22,46H,6-7,11-14,17-20,40H2,1,3H3/t22-,35?,36+/m1/s1. The largest absolute Gasteiger partial charge is 0.508 e. The highest BCUT2D eigenvalue weighted by Crippen LogP contribution is 2.42. The monoisotopic (exact) mass is 640 g/mol. The van der Waals surface area contributed by atoms with Crippen molar-refractivity contribution in [2.45, 2.75) is 63.2 Å². The highest BCUT2D eigenvalue weighted by molar-refractivity contribution is 6.04. The van der Waals surface area contributed by atoms with Crippen LogP contribution >= 0.6 is 0 Å². The molecule has 7 rings (SSSR count). The molecular weight excluding hydrogens is 605 g/mol. The van der Waals surface area contributed by atoms with Crippen LogP contribution in [0, 0.1) is 35.8 Å². The second-order valence-electron chi connectivity index (χ2n) is 13.3. The third kappa shape index (κ3) is 5.38. The number of hydrogen-bond donors (Lipinski definition) is 2. The van der Waals surface area contributed by atoms with Gasteiger partial charge in [0.25, 0.3) is 0 Å². The Labute approximate surface area is 271 Å². The minimum absolute atomic E-state index is 0.0667. The van der Waals surface area contributed by atoms with Crippen LogP contribution in [0.3, 0.4) is 0 Å². The van der Waals surface area contributed by atoms with Gasteiger partial charge in [-0.2, -0.15) is 9.97 Å². The van der Waals surface area contributed by atoms with Crippen molar-refractivity contribution in [2.24, 2.45) is 5.73 Å². The van der Waals surface area contributed by atoms with Crippen molar-refractivity contribution >= 4 is 27.5 Å². The molecule has 3 aliphatic heterocycles. The molecule has 2 aromatic heterocycles. The fourth-order valence-corrected chi connectivity index (χ4v) is 7.66. The summed E-state index contributed by atoms with van der Waals surface area (Å²) in [6.07, 6.45) is 8.41. The number of piperidine rings is 1. The first-order valence-corrected chi connectivity index (χ1v) is 15.8. The first-order chi connectivity index (χ1) is 22.5. The second kappa shape index (κ2) is 11.6. The molecule has 4 aromatic rings. The number of hydrogen-bond acceptors (Lipinski definition) is 8. The number of pyridine rings is 1. The van der Waals surface area contributed by atoms with E-state index in [0.29, 0.717) is 37.3 Å². The van der Waals surface area contributed by atoms with Crippen LogP contribution < -0.4 is 15.4 Å². The van der Waals surface area contributed by atoms with E-state index in [1.54, 1.807) is 6.92 Å². The van der Waals surface area contributed by atoms with Crippen molar-refractivity contribution in [1.29, 1.82) is 0 Å². The number of aromatic hydroxyl groups is 1. The highest BCUT2D eigenvalue weighted by Gasteiger charge is 2.49. The number of aromatic nitrogens is 3. The van der Waals surface area contributed by atoms with Crippen molar-refractivity contribution in [3.63, 3.8) is 0 Å². The van der Waals surface area contributed by atoms with Crippen LogP contribution in [-0.4, -0.2) is 75.0 Å². The summed E-state index contributed by atoms with van der Waals surface area (Å²) in [4.78, 5) is 18.1. The molecule has 3 atom stereocenters. The molecule has 11 heteroatoms. The minimum Gasteiger partial charge on any atom is -0.508 e. The maximum Gasteiger partial charge on any atom is 0.319 e. The summed E-state index contributed by atoms with van der Waals surface area (Å²) in [6, 6.07) is 5.32. The Morgan fingerprint density at radius 2 is 1.94 bits per heavy atom. The molecule has 3 N–H and O–H groups in total. The number of terminal acetylenes is 1. The summed E-state index contributed by atoms with van der Waals surface area (Å²) in [5.41, 5.74) is 5.44. The summed E-state index contributed by atoms with van der Waals surface area (Å²) in [6.45, 7) is 5.92. The van der Waals surface area contributed by atoms with Crippen LogP contribution in [-0.2, 0) is 0 Å². The predicted molar refractivity (Wildman–Crippen MR) is 175 cm³/mol. The third-order valence-corrected chi connectivity index (χ3v) is 9.70. The van der Waals surface area contributed by atoms with E-state index < -0.39 is 28.9 Å². The fraction of sp³-hybridized carbons (Fsp3) is 0.417. The lowest BCUT2D eigenvalue weighted by molar-refractivity contribution is 0.107. The van der Waals surface area contributed by atoms with Crippen LogP contribution in [0.5, 0.6) is 11.8 Å². The summed E-state index contributed by atoms with van der Waals surface area (Å²) in [5.74, 6) is 6.90. The smallest absolute Gasteiger partial charge is 0.319 e. The third-order valence-electron chi connectivity index (χ3n) is 9.70. The summed E-state index contributed by atoms with van der Waals surface area (Å²) in [7, 11) is 0. The van der Waals surface area contributed by atoms with Crippen LogP contribution in [0.4, 0.5) is 19.0 Å². The van der Waals surface area contributed by atoms with Gasteiger partial charge in [-0.05, 0) is 75.6 Å². The van der Waals surface area contributed by atoms with Crippen molar-refractivity contribution in [1.82, 2.24) is 19.9 Å². The van der Waals surface area contributed by atoms with E-state index >= 15 is 4.39 Å². The van der Waals surface area contributed by atoms with Crippen molar-refractivity contribution in [2.75, 3.05) is 37.7 Å². The number of phenols is 1. The van der Waals surface area contributed by atoms with Crippen LogP contribution in [0.1, 0.15) is 57.2 Å². The number of nitrogens with zero attached hydrogens (tertiary/aromatic N) is 5. The van der Waals surface area contributed by atoms with Gasteiger partial charge in [0.15, 0.2) is 5.82 Å². The lowest BCUT2D eigenvalue weighted by atomic mass is 9.92. The minimum atomic E-state index is -0.946. The van der Waals surface area contributed by atoms with Gasteiger partial charge in [-0.15, -0.1) is 6.42 Å². The van der Waals surface area contributed by atoms with E-state index in [1.807, 2.05) is 11.8 Å². The molecule has 3 saturated heterocycles. The van der Waals surface area contributed by atoms with Crippen LogP contribution in [0.25, 0.3) is 32.9 Å². The number of phenolic OH excluding ortho intramolecular Hbond substituents is 1. The molecule has 0 aliphatic carbocycles. The van der Waals surface area contributed by atoms with Gasteiger partial charge in [-0.1, -0.05) is 17.9 Å². The molecule has 8 nitrogen and oxygen atoms in total. The zero-order valence-corrected chi connectivity index (χ0v) is 26.3. The summed E-state index contributed by atoms with van der Waals surface area (Å²) in [5, 5.41) is 11.5. The molecular formula is C36H35F3N6O2. The van der Waals surface area contributed by atoms with Crippen LogP contribution in [0.15, 0.2) is 24.3 Å². The van der Waals surface area contributed by atoms with Crippen molar-refractivity contribution < 1.29 is 23.0 Å². The average Bonchev–Trinajstić information content (AvgIpc) is 3.56. The number of halogens is 3. The van der Waals surface area contributed by atoms with E-state index in [9.17, 15) is 13.9 Å². The Morgan fingerprint density at radius 3 is 2.70 bits per heavy atom. The molecule has 0 saturated carbocycles. The molecule has 3 fully saturated rings. The molecule has 3 aliphatic rings. The maximum atomic E-state index is 17.1. The van der Waals surface area contributed by atoms with Crippen molar-refractivity contribution in [3.8, 4) is 47.2 Å². The van der Waals surface area contributed by atoms with Crippen LogP contribution in [0.2, 0.25) is 0 Å². The number of nitrogens with two attached hydrogens (primary N) is 1. The van der Waals surface area contributed by atoms with E-state index in [-0.39, 0.29) is 57.2 Å². The number of anilines is 1. The number of alkyl halides is 1. The van der Waals surface area contributed by atoms with Gasteiger partial charge < -0.3 is 20.5 Å². The fourth-order valence-electron chi connectivity index (χ4n) is 7.66. The molecule has 0 radical (unpaired) electrons. The lowest BCUT2D eigenvalue weighted by Gasteiger charge is -2.39. The van der Waals surface area contributed by atoms with Gasteiger partial charge in [0, 0.05) is 42.5 Å². The maximum absolute atomic E-state index is 17.1. The topological polar surface area (TPSA) is 101 Å². The summed E-state index contributed by atoms with van der Waals surface area (Å²) >= 11 is 0. The molecule has 1 unspecified atom stereocenters. The van der Waals surface area contributed by atoms with E-state index in [2.05, 4.69) is 32.6 Å². The molecule has 0 amide bonds. The SMILES string of the molecule is C#Cc1c(F)ccc2cc(O)cc(-c3nc(C#CC)c4c(N5CCCC(C)(N)C5)nc(OC[C@@]56CCCN5C[C@H](F)C6)nc4c3F)c12. The Balaban J connectivity index is 1.47. The molecule has 242 valence electrons. The molecule has 47 heavy (non-hydrogen) atoms. The Morgan fingerprint density at radius 1 is 1.13 bits per heavy atom. The summed E-state index contributed by atoms with van der Waals surface area (Å²) < 4.78 is 52.8. The molecule has 2 aromatic carbocycles. The lowest BCUT2D eigenvalue weighted by Crippen LogP contribution is -2.52. The van der Waals surface area contributed by atoms with Gasteiger partial charge in [0.2, 0.25) is 0 Å². The van der Waals surface area contributed by atoms with E-state index in [0.717, 1.165) is 32.2 Å². The van der Waals surface area contributed by atoms with Gasteiger partial charge in [0.05, 0.1) is 16.5 Å². The Kier molecular flexibility index (Phi) is 7.65. The predicted octanol–water partition coefficient (Wildman–Crippen LogP) is 5.45. The molecule has 0 spiro atoms. The average molecular weight is 641 g/mol. The zero-order chi connectivity index (χ0) is 33.1. The molecule has 0 bridgehead atoms. The Bertz CT molecular complexity index is 2030. The first kappa shape index (κ1) is 31.0. The van der Waals surface area contributed by atoms with Gasteiger partial charge in [-0.3, -0.25) is 4.90 Å². The number of benzene rings is 2. The van der Waals surface area contributed by atoms with E-state index in [4.69, 9.17) is 21.9 Å². The quantitative estimate of drug-likeness (QED) is 0.278. The highest BCUT2D eigenvalue weighted by atomic mass is 19.1. The zero-order valence-electron chi connectivity index (χ0n) is 26.3. The van der Waals surface area contributed by atoms with Gasteiger partial charge >= 0.3 is 6.01 Å². The Hall–Kier alpha value is -4.58. The normalized spacial score (nSPS) is 24.3. The molecule has 5 heterocycles. The van der Waals surface area contributed by atoms with Gasteiger partial charge in [0.1, 0.15) is 47.1 Å². The van der Waals surface area contributed by atoms with Crippen molar-refractivity contribution in [3.05, 3.63) is 47.2 Å². The number of fused-ring (bicyclic) bond motifs is 3. The number of ether oxygens (including phenoxy) is 1. The van der Waals surface area contributed by atoms with E-state index in [1.165, 1.54) is 24.3 Å². The van der Waals surface area contributed by atoms with Gasteiger partial charge in [-0.25, -0.2) is 18.2 Å². The number of rotatable bonds is 5. The second-order valence-corrected chi connectivity index (χ2v) is 13.3. The first-order valence-electron chi connectivity index (χ1n) is 15.8.